The maximum absolute atomic E-state index is 12.0. The van der Waals surface area contributed by atoms with Crippen molar-refractivity contribution >= 4 is 5.91 Å². The van der Waals surface area contributed by atoms with E-state index in [1.807, 2.05) is 25.1 Å². The number of nitrogens with one attached hydrogen (secondary N) is 1. The minimum Gasteiger partial charge on any atom is -0.352 e. The molecule has 0 saturated heterocycles. The molecule has 0 aliphatic carbocycles. The lowest BCUT2D eigenvalue weighted by Crippen LogP contribution is -2.24. The largest absolute Gasteiger partial charge is 0.352 e. The second kappa shape index (κ2) is 8.34. The van der Waals surface area contributed by atoms with Gasteiger partial charge in [-0.3, -0.25) is 4.79 Å². The summed E-state index contributed by atoms with van der Waals surface area (Å²) < 4.78 is 0. The SMILES string of the molecule is CCCCCNC(=O)c1ccc(C)c(C#CCN)c1. The average Bonchev–Trinajstić information content (AvgIpc) is 2.42. The molecule has 102 valence electrons. The minimum absolute atomic E-state index is 0.0353. The third kappa shape index (κ3) is 5.15. The molecule has 19 heavy (non-hydrogen) atoms. The topological polar surface area (TPSA) is 55.1 Å². The molecule has 0 spiro atoms. The number of carbonyl (C=O) groups excluding carboxylic acids is 1. The lowest BCUT2D eigenvalue weighted by molar-refractivity contribution is 0.0953. The maximum atomic E-state index is 12.0. The van der Waals surface area contributed by atoms with Gasteiger partial charge in [-0.1, -0.05) is 37.7 Å². The van der Waals surface area contributed by atoms with Gasteiger partial charge >= 0.3 is 0 Å². The number of aryl methyl sites for hydroxylation is 1. The van der Waals surface area contributed by atoms with Crippen LogP contribution in [0, 0.1) is 18.8 Å². The van der Waals surface area contributed by atoms with Crippen molar-refractivity contribution in [1.29, 1.82) is 0 Å². The first-order valence-electron chi connectivity index (χ1n) is 6.76. The highest BCUT2D eigenvalue weighted by Crippen LogP contribution is 2.10. The van der Waals surface area contributed by atoms with Crippen LogP contribution in [0.4, 0.5) is 0 Å². The summed E-state index contributed by atoms with van der Waals surface area (Å²) in [7, 11) is 0. The zero-order valence-electron chi connectivity index (χ0n) is 11.8. The summed E-state index contributed by atoms with van der Waals surface area (Å²) in [6.45, 7) is 5.17. The minimum atomic E-state index is -0.0353. The van der Waals surface area contributed by atoms with Gasteiger partial charge in [-0.25, -0.2) is 0 Å². The van der Waals surface area contributed by atoms with E-state index in [1.54, 1.807) is 0 Å². The van der Waals surface area contributed by atoms with Gasteiger partial charge in [-0.2, -0.15) is 0 Å². The molecule has 1 amide bonds. The molecule has 0 bridgehead atoms. The fourth-order valence-corrected chi connectivity index (χ4v) is 1.72. The van der Waals surface area contributed by atoms with Gasteiger partial charge < -0.3 is 11.1 Å². The number of benzene rings is 1. The molecule has 3 heteroatoms. The van der Waals surface area contributed by atoms with E-state index >= 15 is 0 Å². The van der Waals surface area contributed by atoms with Crippen LogP contribution in [0.2, 0.25) is 0 Å². The molecule has 0 atom stereocenters. The quantitative estimate of drug-likeness (QED) is 0.628. The van der Waals surface area contributed by atoms with Gasteiger partial charge in [0.05, 0.1) is 6.54 Å². The van der Waals surface area contributed by atoms with E-state index in [2.05, 4.69) is 24.1 Å². The molecule has 3 N–H and O–H groups in total. The number of unbranched alkanes of at least 4 members (excludes halogenated alkanes) is 2. The molecular weight excluding hydrogens is 236 g/mol. The molecule has 3 nitrogen and oxygen atoms in total. The molecule has 0 aromatic heterocycles. The molecule has 1 rings (SSSR count). The van der Waals surface area contributed by atoms with Crippen LogP contribution in [0.25, 0.3) is 0 Å². The lowest BCUT2D eigenvalue weighted by atomic mass is 10.0. The van der Waals surface area contributed by atoms with Crippen molar-refractivity contribution in [2.24, 2.45) is 5.73 Å². The Hall–Kier alpha value is -1.79. The van der Waals surface area contributed by atoms with Crippen molar-refractivity contribution in [2.75, 3.05) is 13.1 Å². The van der Waals surface area contributed by atoms with E-state index in [0.29, 0.717) is 12.1 Å². The molecule has 0 radical (unpaired) electrons. The van der Waals surface area contributed by atoms with Crippen LogP contribution < -0.4 is 11.1 Å². The van der Waals surface area contributed by atoms with Crippen molar-refractivity contribution < 1.29 is 4.79 Å². The van der Waals surface area contributed by atoms with Crippen LogP contribution in [-0.2, 0) is 0 Å². The smallest absolute Gasteiger partial charge is 0.251 e. The Morgan fingerprint density at radius 2 is 2.16 bits per heavy atom. The number of nitrogens with two attached hydrogens (primary N) is 1. The van der Waals surface area contributed by atoms with E-state index in [4.69, 9.17) is 5.73 Å². The Labute approximate surface area is 115 Å². The van der Waals surface area contributed by atoms with Crippen molar-refractivity contribution in [3.63, 3.8) is 0 Å². The highest BCUT2D eigenvalue weighted by molar-refractivity contribution is 5.94. The van der Waals surface area contributed by atoms with Crippen molar-refractivity contribution in [3.8, 4) is 11.8 Å². The summed E-state index contributed by atoms with van der Waals surface area (Å²) in [6, 6.07) is 5.58. The molecule has 0 aliphatic heterocycles. The van der Waals surface area contributed by atoms with E-state index in [-0.39, 0.29) is 5.91 Å². The van der Waals surface area contributed by atoms with E-state index in [1.165, 1.54) is 0 Å². The van der Waals surface area contributed by atoms with Gasteiger partial charge in [-0.05, 0) is 31.0 Å². The van der Waals surface area contributed by atoms with Gasteiger partial charge in [0.1, 0.15) is 0 Å². The number of carbonyl (C=O) groups is 1. The molecule has 0 heterocycles. The van der Waals surface area contributed by atoms with Gasteiger partial charge in [0.2, 0.25) is 0 Å². The van der Waals surface area contributed by atoms with Crippen LogP contribution in [-0.4, -0.2) is 19.0 Å². The fourth-order valence-electron chi connectivity index (χ4n) is 1.72. The summed E-state index contributed by atoms with van der Waals surface area (Å²) in [5.74, 6) is 5.77. The Morgan fingerprint density at radius 3 is 2.84 bits per heavy atom. The third-order valence-electron chi connectivity index (χ3n) is 2.89. The number of hydrogen-bond acceptors (Lipinski definition) is 2. The first-order chi connectivity index (χ1) is 9.19. The Bertz CT molecular complexity index is 483. The highest BCUT2D eigenvalue weighted by Gasteiger charge is 2.06. The van der Waals surface area contributed by atoms with Gasteiger partial charge in [0.25, 0.3) is 5.91 Å². The number of hydrogen-bond donors (Lipinski definition) is 2. The van der Waals surface area contributed by atoms with Crippen molar-refractivity contribution in [3.05, 3.63) is 34.9 Å². The van der Waals surface area contributed by atoms with Crippen LogP contribution >= 0.6 is 0 Å². The second-order valence-corrected chi connectivity index (χ2v) is 4.50. The number of amides is 1. The molecule has 0 aliphatic rings. The van der Waals surface area contributed by atoms with Crippen LogP contribution in [0.5, 0.6) is 0 Å². The monoisotopic (exact) mass is 258 g/mol. The summed E-state index contributed by atoms with van der Waals surface area (Å²) >= 11 is 0. The van der Waals surface area contributed by atoms with E-state index in [9.17, 15) is 4.79 Å². The Morgan fingerprint density at radius 1 is 1.37 bits per heavy atom. The molecule has 1 aromatic rings. The standard InChI is InChI=1S/C16H22N2O/c1-3-4-5-11-18-16(19)15-9-8-13(2)14(12-15)7-6-10-17/h8-9,12H,3-5,10-11,17H2,1-2H3,(H,18,19). The van der Waals surface area contributed by atoms with Gasteiger partial charge in [-0.15, -0.1) is 0 Å². The fraction of sp³-hybridized carbons (Fsp3) is 0.438. The Kier molecular flexibility index (Phi) is 6.70. The molecular formula is C16H22N2O. The van der Waals surface area contributed by atoms with Crippen molar-refractivity contribution in [2.45, 2.75) is 33.1 Å². The molecule has 0 fully saturated rings. The van der Waals surface area contributed by atoms with Crippen molar-refractivity contribution in [1.82, 2.24) is 5.32 Å². The maximum Gasteiger partial charge on any atom is 0.251 e. The summed E-state index contributed by atoms with van der Waals surface area (Å²) in [5, 5.41) is 2.92. The van der Waals surface area contributed by atoms with E-state index in [0.717, 1.165) is 36.9 Å². The predicted molar refractivity (Wildman–Crippen MR) is 79.0 cm³/mol. The summed E-state index contributed by atoms with van der Waals surface area (Å²) in [6.07, 6.45) is 3.31. The van der Waals surface area contributed by atoms with Gasteiger partial charge in [0, 0.05) is 17.7 Å². The van der Waals surface area contributed by atoms with Crippen LogP contribution in [0.1, 0.15) is 47.7 Å². The summed E-state index contributed by atoms with van der Waals surface area (Å²) in [5.41, 5.74) is 7.95. The summed E-state index contributed by atoms with van der Waals surface area (Å²) in [4.78, 5) is 12.0. The first kappa shape index (κ1) is 15.3. The first-order valence-corrected chi connectivity index (χ1v) is 6.76. The third-order valence-corrected chi connectivity index (χ3v) is 2.89. The second-order valence-electron chi connectivity index (χ2n) is 4.50. The normalized spacial score (nSPS) is 9.63. The molecule has 0 saturated carbocycles. The number of rotatable bonds is 5. The average molecular weight is 258 g/mol. The highest BCUT2D eigenvalue weighted by atomic mass is 16.1. The lowest BCUT2D eigenvalue weighted by Gasteiger charge is -2.06. The van der Waals surface area contributed by atoms with Crippen LogP contribution in [0.3, 0.4) is 0 Å². The molecule has 1 aromatic carbocycles. The predicted octanol–water partition coefficient (Wildman–Crippen LogP) is 2.23. The zero-order valence-corrected chi connectivity index (χ0v) is 11.8. The van der Waals surface area contributed by atoms with Gasteiger partial charge in [0.15, 0.2) is 0 Å². The zero-order chi connectivity index (χ0) is 14.1. The van der Waals surface area contributed by atoms with Crippen LogP contribution in [0.15, 0.2) is 18.2 Å². The Balaban J connectivity index is 2.70. The van der Waals surface area contributed by atoms with E-state index < -0.39 is 0 Å². The molecule has 0 unspecified atom stereocenters.